The number of unbranched alkanes of at least 4 members (excludes halogenated alkanes) is 1. The summed E-state index contributed by atoms with van der Waals surface area (Å²) in [5.74, 6) is -2.04. The van der Waals surface area contributed by atoms with Crippen LogP contribution < -0.4 is 32.3 Å². The van der Waals surface area contributed by atoms with Crippen LogP contribution in [0.4, 0.5) is 5.69 Å². The molecule has 8 N–H and O–H groups in total. The van der Waals surface area contributed by atoms with Gasteiger partial charge in [-0.25, -0.2) is 0 Å². The molecule has 0 saturated carbocycles. The van der Waals surface area contributed by atoms with E-state index in [0.29, 0.717) is 44.5 Å². The number of carboxylic acids is 1. The van der Waals surface area contributed by atoms with E-state index in [2.05, 4.69) is 33.5 Å². The second-order valence-corrected chi connectivity index (χ2v) is 11.9. The van der Waals surface area contributed by atoms with Crippen LogP contribution in [-0.2, 0) is 28.7 Å². The molecule has 2 amide bonds. The Hall–Kier alpha value is -3.43. The number of hydrogen-bond acceptors (Lipinski definition) is 11. The lowest BCUT2D eigenvalue weighted by molar-refractivity contribution is -0.139. The van der Waals surface area contributed by atoms with Crippen LogP contribution in [-0.4, -0.2) is 111 Å². The summed E-state index contributed by atoms with van der Waals surface area (Å²) in [4.78, 5) is 60.5. The quantitative estimate of drug-likeness (QED) is 0.0631. The van der Waals surface area contributed by atoms with Gasteiger partial charge in [0.1, 0.15) is 12.6 Å². The van der Waals surface area contributed by atoms with Crippen LogP contribution in [0, 0.1) is 0 Å². The number of rotatable bonds is 28. The molecule has 266 valence electrons. The first-order valence-corrected chi connectivity index (χ1v) is 16.4. The number of carboxylic acid groups (broad SMARTS) is 1. The summed E-state index contributed by atoms with van der Waals surface area (Å²) in [6, 6.07) is 5.19. The Balaban J connectivity index is 2.22. The number of anilines is 1. The molecule has 1 rings (SSSR count). The lowest BCUT2D eigenvalue weighted by Crippen LogP contribution is -2.49. The van der Waals surface area contributed by atoms with E-state index in [1.54, 1.807) is 40.0 Å². The molecule has 14 heteroatoms. The second-order valence-electron chi connectivity index (χ2n) is 11.9. The van der Waals surface area contributed by atoms with Crippen LogP contribution in [0.1, 0.15) is 76.6 Å². The Morgan fingerprint density at radius 1 is 0.915 bits per heavy atom. The highest BCUT2D eigenvalue weighted by Crippen LogP contribution is 2.11. The van der Waals surface area contributed by atoms with Crippen LogP contribution in [0.25, 0.3) is 0 Å². The number of carbonyl (C=O) groups is 5. The zero-order chi connectivity index (χ0) is 35.2. The molecule has 3 unspecified atom stereocenters. The van der Waals surface area contributed by atoms with Crippen LogP contribution >= 0.6 is 0 Å². The molecule has 47 heavy (non-hydrogen) atoms. The fourth-order valence-corrected chi connectivity index (χ4v) is 4.52. The van der Waals surface area contributed by atoms with E-state index in [0.717, 1.165) is 18.7 Å². The van der Waals surface area contributed by atoms with E-state index in [-0.39, 0.29) is 50.1 Å². The number of hydrogen-bond donors (Lipinski definition) is 7. The lowest BCUT2D eigenvalue weighted by atomic mass is 9.94. The van der Waals surface area contributed by atoms with Gasteiger partial charge in [-0.2, -0.15) is 0 Å². The Morgan fingerprint density at radius 3 is 2.21 bits per heavy atom. The molecule has 0 aliphatic carbocycles. The van der Waals surface area contributed by atoms with Crippen LogP contribution in [0.5, 0.6) is 0 Å². The smallest absolute Gasteiger partial charge is 0.320 e. The molecule has 0 spiro atoms. The molecule has 3 atom stereocenters. The highest BCUT2D eigenvalue weighted by molar-refractivity contribution is 5.94. The number of benzene rings is 1. The maximum absolute atomic E-state index is 12.5. The fraction of sp³-hybridized carbons (Fsp3) is 0.667. The monoisotopic (exact) mass is 664 g/mol. The molecule has 0 saturated heterocycles. The molecule has 0 aromatic heterocycles. The third kappa shape index (κ3) is 17.3. The van der Waals surface area contributed by atoms with Crippen LogP contribution in [0.2, 0.25) is 0 Å². The summed E-state index contributed by atoms with van der Waals surface area (Å²) in [7, 11) is 1.55. The van der Waals surface area contributed by atoms with Crippen molar-refractivity contribution in [2.75, 3.05) is 58.4 Å². The van der Waals surface area contributed by atoms with Gasteiger partial charge in [-0.05, 0) is 84.2 Å². The third-order valence-corrected chi connectivity index (χ3v) is 7.64. The molecular weight excluding hydrogens is 608 g/mol. The van der Waals surface area contributed by atoms with Gasteiger partial charge in [-0.1, -0.05) is 6.92 Å². The van der Waals surface area contributed by atoms with E-state index in [4.69, 9.17) is 20.3 Å². The molecular formula is C33H56N6O8. The Kier molecular flexibility index (Phi) is 20.3. The van der Waals surface area contributed by atoms with Crippen molar-refractivity contribution < 1.29 is 38.6 Å². The minimum Gasteiger partial charge on any atom is -0.480 e. The van der Waals surface area contributed by atoms with Crippen molar-refractivity contribution in [3.05, 3.63) is 29.8 Å². The van der Waals surface area contributed by atoms with E-state index in [1.807, 2.05) is 12.1 Å². The summed E-state index contributed by atoms with van der Waals surface area (Å²) in [5.41, 5.74) is 6.26. The van der Waals surface area contributed by atoms with Gasteiger partial charge < -0.3 is 41.6 Å². The molecule has 1 aromatic rings. The van der Waals surface area contributed by atoms with Gasteiger partial charge in [0.05, 0.1) is 37.4 Å². The SMILES string of the molecule is CCCNc1ccc(C(=O)NCCCCC(NC(C)C(=O)COCCOCCNC(C)(C)C(=O)CCC(NC)C(=O)O)C(N)=O)cc1. The first-order chi connectivity index (χ1) is 22.3. The zero-order valence-electron chi connectivity index (χ0n) is 28.6. The number of aliphatic carboxylic acids is 1. The van der Waals surface area contributed by atoms with Gasteiger partial charge in [0, 0.05) is 37.3 Å². The number of ether oxygens (including phenoxy) is 2. The highest BCUT2D eigenvalue weighted by atomic mass is 16.5. The molecule has 0 radical (unpaired) electrons. The standard InChI is InChI=1S/C33H56N6O8/c1-6-16-36-25-12-10-24(11-13-25)31(43)37-17-8-7-9-26(30(34)42)39-23(2)28(40)22-47-21-20-46-19-18-38-33(3,4)29(41)15-14-27(35-5)32(44)45/h10-13,23,26-27,35-36,38-39H,6-9,14-22H2,1-5H3,(H2,34,42)(H,37,43)(H,44,45). The van der Waals surface area contributed by atoms with Gasteiger partial charge >= 0.3 is 5.97 Å². The van der Waals surface area contributed by atoms with Crippen molar-refractivity contribution in [1.82, 2.24) is 21.3 Å². The molecule has 14 nitrogen and oxygen atoms in total. The number of likely N-dealkylation sites (N-methyl/N-ethyl adjacent to an activating group) is 1. The maximum atomic E-state index is 12.5. The summed E-state index contributed by atoms with van der Waals surface area (Å²) < 4.78 is 10.9. The second kappa shape index (κ2) is 23.0. The van der Waals surface area contributed by atoms with Crippen molar-refractivity contribution in [3.8, 4) is 0 Å². The van der Waals surface area contributed by atoms with Gasteiger partial charge in [0.2, 0.25) is 5.91 Å². The average Bonchev–Trinajstić information content (AvgIpc) is 3.03. The maximum Gasteiger partial charge on any atom is 0.320 e. The van der Waals surface area contributed by atoms with Gasteiger partial charge in [-0.15, -0.1) is 0 Å². The van der Waals surface area contributed by atoms with E-state index < -0.39 is 35.5 Å². The first-order valence-electron chi connectivity index (χ1n) is 16.4. The van der Waals surface area contributed by atoms with Crippen LogP contribution in [0.3, 0.4) is 0 Å². The van der Waals surface area contributed by atoms with E-state index >= 15 is 0 Å². The third-order valence-electron chi connectivity index (χ3n) is 7.64. The van der Waals surface area contributed by atoms with Crippen molar-refractivity contribution in [3.63, 3.8) is 0 Å². The zero-order valence-corrected chi connectivity index (χ0v) is 28.6. The number of carbonyl (C=O) groups excluding carboxylic acids is 4. The summed E-state index contributed by atoms with van der Waals surface area (Å²) >= 11 is 0. The number of Topliss-reactive ketones (excluding diaryl/α,β-unsaturated/α-hetero) is 2. The molecule has 0 fully saturated rings. The Labute approximate surface area is 278 Å². The predicted molar refractivity (Wildman–Crippen MR) is 180 cm³/mol. The predicted octanol–water partition coefficient (Wildman–Crippen LogP) is 1.23. The number of amides is 2. The molecule has 0 bridgehead atoms. The Bertz CT molecular complexity index is 1110. The van der Waals surface area contributed by atoms with E-state index in [9.17, 15) is 24.0 Å². The molecule has 0 heterocycles. The van der Waals surface area contributed by atoms with Crippen molar-refractivity contribution in [1.29, 1.82) is 0 Å². The Morgan fingerprint density at radius 2 is 1.60 bits per heavy atom. The normalized spacial score (nSPS) is 13.4. The van der Waals surface area contributed by atoms with Gasteiger partial charge in [0.25, 0.3) is 5.91 Å². The average molecular weight is 665 g/mol. The topological polar surface area (TPSA) is 210 Å². The summed E-state index contributed by atoms with van der Waals surface area (Å²) in [5, 5.41) is 24.0. The van der Waals surface area contributed by atoms with Crippen molar-refractivity contribution >= 4 is 35.0 Å². The van der Waals surface area contributed by atoms with Crippen molar-refractivity contribution in [2.24, 2.45) is 5.73 Å². The highest BCUT2D eigenvalue weighted by Gasteiger charge is 2.28. The summed E-state index contributed by atoms with van der Waals surface area (Å²) in [6.45, 7) is 9.52. The van der Waals surface area contributed by atoms with Gasteiger partial charge in [0.15, 0.2) is 11.6 Å². The summed E-state index contributed by atoms with van der Waals surface area (Å²) in [6.07, 6.45) is 3.03. The van der Waals surface area contributed by atoms with Gasteiger partial charge in [-0.3, -0.25) is 29.3 Å². The number of nitrogens with one attached hydrogen (secondary N) is 5. The number of primary amides is 1. The van der Waals surface area contributed by atoms with Crippen LogP contribution in [0.15, 0.2) is 24.3 Å². The number of ketones is 2. The largest absolute Gasteiger partial charge is 0.480 e. The minimum absolute atomic E-state index is 0.0938. The molecule has 1 aromatic carbocycles. The number of nitrogens with two attached hydrogens (primary N) is 1. The molecule has 0 aliphatic rings. The van der Waals surface area contributed by atoms with E-state index in [1.165, 1.54) is 0 Å². The fourth-order valence-electron chi connectivity index (χ4n) is 4.52. The van der Waals surface area contributed by atoms with Crippen molar-refractivity contribution in [2.45, 2.75) is 89.9 Å². The lowest BCUT2D eigenvalue weighted by Gasteiger charge is -2.25. The minimum atomic E-state index is -0.993. The molecule has 0 aliphatic heterocycles. The first kappa shape index (κ1) is 41.6.